The molecule has 0 saturated heterocycles. The molecule has 3 nitrogen and oxygen atoms in total. The fourth-order valence-corrected chi connectivity index (χ4v) is 2.36. The van der Waals surface area contributed by atoms with Gasteiger partial charge in [-0.15, -0.1) is 11.3 Å². The van der Waals surface area contributed by atoms with Gasteiger partial charge < -0.3 is 10.1 Å². The van der Waals surface area contributed by atoms with Crippen LogP contribution >= 0.6 is 11.3 Å². The number of ether oxygens (including phenoxy) is 1. The largest absolute Gasteiger partial charge is 0.383 e. The van der Waals surface area contributed by atoms with Crippen LogP contribution in [0, 0.1) is 12.8 Å². The summed E-state index contributed by atoms with van der Waals surface area (Å²) in [7, 11) is 1.75. The highest BCUT2D eigenvalue weighted by atomic mass is 32.1. The highest BCUT2D eigenvalue weighted by molar-refractivity contribution is 7.11. The monoisotopic (exact) mass is 242 g/mol. The zero-order valence-electron chi connectivity index (χ0n) is 10.8. The minimum Gasteiger partial charge on any atom is -0.383 e. The number of hydrogen-bond donors (Lipinski definition) is 1. The van der Waals surface area contributed by atoms with E-state index in [1.807, 2.05) is 6.20 Å². The van der Waals surface area contributed by atoms with E-state index in [4.69, 9.17) is 4.74 Å². The van der Waals surface area contributed by atoms with Crippen molar-refractivity contribution < 1.29 is 4.74 Å². The molecule has 0 aliphatic rings. The summed E-state index contributed by atoms with van der Waals surface area (Å²) < 4.78 is 5.23. The summed E-state index contributed by atoms with van der Waals surface area (Å²) in [5, 5.41) is 4.72. The van der Waals surface area contributed by atoms with Crippen LogP contribution in [-0.4, -0.2) is 24.7 Å². The van der Waals surface area contributed by atoms with E-state index in [1.165, 1.54) is 4.88 Å². The van der Waals surface area contributed by atoms with Crippen LogP contribution in [0.5, 0.6) is 0 Å². The average molecular weight is 242 g/mol. The number of methoxy groups -OCH3 is 1. The van der Waals surface area contributed by atoms with E-state index in [0.717, 1.165) is 11.6 Å². The number of aromatic nitrogens is 1. The lowest BCUT2D eigenvalue weighted by atomic mass is 10.0. The topological polar surface area (TPSA) is 34.1 Å². The predicted octanol–water partition coefficient (Wildman–Crippen LogP) is 2.77. The fourth-order valence-electron chi connectivity index (χ4n) is 1.58. The highest BCUT2D eigenvalue weighted by Crippen LogP contribution is 2.20. The lowest BCUT2D eigenvalue weighted by Gasteiger charge is -2.24. The summed E-state index contributed by atoms with van der Waals surface area (Å²) in [6, 6.07) is 0.672. The average Bonchev–Trinajstić information content (AvgIpc) is 2.64. The van der Waals surface area contributed by atoms with Crippen molar-refractivity contribution in [2.24, 2.45) is 5.92 Å². The van der Waals surface area contributed by atoms with E-state index in [1.54, 1.807) is 18.4 Å². The number of rotatable bonds is 6. The third-order valence-electron chi connectivity index (χ3n) is 2.62. The molecule has 0 bridgehead atoms. The quantitative estimate of drug-likeness (QED) is 0.833. The van der Waals surface area contributed by atoms with Crippen molar-refractivity contribution in [2.45, 2.75) is 39.8 Å². The fraction of sp³-hybridized carbons (Fsp3) is 0.750. The molecular weight excluding hydrogens is 220 g/mol. The smallest absolute Gasteiger partial charge is 0.109 e. The normalized spacial score (nSPS) is 15.4. The zero-order chi connectivity index (χ0) is 12.1. The van der Waals surface area contributed by atoms with Crippen molar-refractivity contribution in [1.82, 2.24) is 10.3 Å². The van der Waals surface area contributed by atoms with Gasteiger partial charge >= 0.3 is 0 Å². The first-order valence-corrected chi connectivity index (χ1v) is 6.53. The molecular formula is C12H22N2OS. The first kappa shape index (κ1) is 13.6. The Balaban J connectivity index is 2.57. The van der Waals surface area contributed by atoms with Crippen LogP contribution in [0.15, 0.2) is 6.20 Å². The molecule has 0 aliphatic heterocycles. The summed E-state index contributed by atoms with van der Waals surface area (Å²) >= 11 is 1.75. The number of hydrogen-bond acceptors (Lipinski definition) is 4. The van der Waals surface area contributed by atoms with Crippen molar-refractivity contribution >= 4 is 11.3 Å². The standard InChI is InChI=1S/C12H22N2OS/c1-8(2)11(7-15-5)14-10(4)12-13-6-9(3)16-12/h6,8,10-11,14H,7H2,1-5H3/t10-,11-/m0/s1. The van der Waals surface area contributed by atoms with Gasteiger partial charge in [0.15, 0.2) is 0 Å². The Labute approximate surface area is 102 Å². The second-order valence-electron chi connectivity index (χ2n) is 4.50. The Kier molecular flexibility index (Phi) is 5.38. The lowest BCUT2D eigenvalue weighted by molar-refractivity contribution is 0.141. The van der Waals surface area contributed by atoms with E-state index in [0.29, 0.717) is 18.0 Å². The molecule has 2 atom stereocenters. The minimum atomic E-state index is 0.293. The molecule has 1 heterocycles. The molecule has 0 radical (unpaired) electrons. The van der Waals surface area contributed by atoms with Crippen LogP contribution in [-0.2, 0) is 4.74 Å². The third-order valence-corrected chi connectivity index (χ3v) is 3.72. The molecule has 0 unspecified atom stereocenters. The number of thiazole rings is 1. The maximum absolute atomic E-state index is 5.23. The molecule has 92 valence electrons. The maximum Gasteiger partial charge on any atom is 0.109 e. The van der Waals surface area contributed by atoms with Gasteiger partial charge in [-0.05, 0) is 19.8 Å². The van der Waals surface area contributed by atoms with E-state index in [2.05, 4.69) is 38.0 Å². The molecule has 0 amide bonds. The summed E-state index contributed by atoms with van der Waals surface area (Å²) in [5.41, 5.74) is 0. The second-order valence-corrected chi connectivity index (χ2v) is 5.77. The SMILES string of the molecule is COC[C@H](N[C@@H](C)c1ncc(C)s1)C(C)C. The summed E-state index contributed by atoms with van der Waals surface area (Å²) in [4.78, 5) is 5.66. The number of aryl methyl sites for hydroxylation is 1. The van der Waals surface area contributed by atoms with Gasteiger partial charge in [-0.2, -0.15) is 0 Å². The van der Waals surface area contributed by atoms with Gasteiger partial charge in [0.25, 0.3) is 0 Å². The lowest BCUT2D eigenvalue weighted by Crippen LogP contribution is -2.39. The molecule has 0 fully saturated rings. The second kappa shape index (κ2) is 6.33. The zero-order valence-corrected chi connectivity index (χ0v) is 11.6. The van der Waals surface area contributed by atoms with E-state index >= 15 is 0 Å². The van der Waals surface area contributed by atoms with Crippen LogP contribution in [0.4, 0.5) is 0 Å². The molecule has 1 aromatic heterocycles. The van der Waals surface area contributed by atoms with Gasteiger partial charge in [0, 0.05) is 24.2 Å². The molecule has 1 rings (SSSR count). The number of nitrogens with one attached hydrogen (secondary N) is 1. The Morgan fingerprint density at radius 2 is 2.12 bits per heavy atom. The third kappa shape index (κ3) is 3.85. The molecule has 0 aliphatic carbocycles. The summed E-state index contributed by atoms with van der Waals surface area (Å²) in [6.07, 6.45) is 1.93. The minimum absolute atomic E-state index is 0.293. The van der Waals surface area contributed by atoms with Crippen molar-refractivity contribution in [2.75, 3.05) is 13.7 Å². The summed E-state index contributed by atoms with van der Waals surface area (Å²) in [6.45, 7) is 9.39. The molecule has 0 spiro atoms. The van der Waals surface area contributed by atoms with E-state index in [-0.39, 0.29) is 0 Å². The molecule has 1 aromatic rings. The maximum atomic E-state index is 5.23. The van der Waals surface area contributed by atoms with Crippen molar-refractivity contribution in [3.63, 3.8) is 0 Å². The van der Waals surface area contributed by atoms with Crippen LogP contribution < -0.4 is 5.32 Å². The van der Waals surface area contributed by atoms with Gasteiger partial charge in [-0.1, -0.05) is 13.8 Å². The molecule has 0 aromatic carbocycles. The number of nitrogens with zero attached hydrogens (tertiary/aromatic N) is 1. The van der Waals surface area contributed by atoms with Gasteiger partial charge in [-0.3, -0.25) is 0 Å². The van der Waals surface area contributed by atoms with E-state index in [9.17, 15) is 0 Å². The van der Waals surface area contributed by atoms with Gasteiger partial charge in [0.05, 0.1) is 12.6 Å². The van der Waals surface area contributed by atoms with Gasteiger partial charge in [0.2, 0.25) is 0 Å². The van der Waals surface area contributed by atoms with Crippen LogP contribution in [0.25, 0.3) is 0 Å². The molecule has 4 heteroatoms. The predicted molar refractivity (Wildman–Crippen MR) is 68.9 cm³/mol. The van der Waals surface area contributed by atoms with Gasteiger partial charge in [-0.25, -0.2) is 4.98 Å². The van der Waals surface area contributed by atoms with Crippen LogP contribution in [0.1, 0.15) is 36.7 Å². The highest BCUT2D eigenvalue weighted by Gasteiger charge is 2.18. The molecule has 1 N–H and O–H groups in total. The first-order chi connectivity index (χ1) is 7.54. The van der Waals surface area contributed by atoms with Crippen molar-refractivity contribution in [3.8, 4) is 0 Å². The molecule has 0 saturated carbocycles. The first-order valence-electron chi connectivity index (χ1n) is 5.72. The molecule has 16 heavy (non-hydrogen) atoms. The summed E-state index contributed by atoms with van der Waals surface area (Å²) in [5.74, 6) is 0.559. The van der Waals surface area contributed by atoms with Gasteiger partial charge in [0.1, 0.15) is 5.01 Å². The van der Waals surface area contributed by atoms with Crippen LogP contribution in [0.3, 0.4) is 0 Å². The Bertz CT molecular complexity index is 312. The van der Waals surface area contributed by atoms with Crippen molar-refractivity contribution in [1.29, 1.82) is 0 Å². The van der Waals surface area contributed by atoms with Crippen LogP contribution in [0.2, 0.25) is 0 Å². The van der Waals surface area contributed by atoms with E-state index < -0.39 is 0 Å². The Hall–Kier alpha value is -0.450. The Morgan fingerprint density at radius 1 is 1.44 bits per heavy atom. The van der Waals surface area contributed by atoms with Crippen molar-refractivity contribution in [3.05, 3.63) is 16.1 Å². The Morgan fingerprint density at radius 3 is 2.56 bits per heavy atom.